The number of ether oxygens (including phenoxy) is 16. The van der Waals surface area contributed by atoms with E-state index in [0.717, 1.165) is 0 Å². The zero-order valence-corrected chi connectivity index (χ0v) is 68.7. The van der Waals surface area contributed by atoms with Gasteiger partial charge in [0.1, 0.15) is 146 Å². The molecule has 48 nitrogen and oxygen atoms in total. The number of carboxylic acids is 8. The van der Waals surface area contributed by atoms with Gasteiger partial charge in [-0.25, -0.2) is 0 Å². The van der Waals surface area contributed by atoms with Crippen LogP contribution in [0.15, 0.2) is 0 Å². The molecule has 30 heterocycles. The van der Waals surface area contributed by atoms with Crippen molar-refractivity contribution >= 4 is 142 Å². The minimum Gasteiger partial charge on any atom is -0.481 e. The molecule has 0 radical (unpaired) electrons. The van der Waals surface area contributed by atoms with Crippen molar-refractivity contribution in [1.82, 2.24) is 0 Å². The lowest BCUT2D eigenvalue weighted by Crippen LogP contribution is -2.69. The summed E-state index contributed by atoms with van der Waals surface area (Å²) >= 11 is 4.86. The second-order valence-electron chi connectivity index (χ2n) is 28.3. The molecule has 30 aliphatic rings. The Morgan fingerprint density at radius 3 is 0.333 bits per heavy atom. The molecule has 0 aliphatic carbocycles. The van der Waals surface area contributed by atoms with E-state index >= 15 is 0 Å². The molecule has 0 amide bonds. The van der Waals surface area contributed by atoms with E-state index in [-0.39, 0.29) is 0 Å². The summed E-state index contributed by atoms with van der Waals surface area (Å²) in [6.07, 6.45) is -85.5. The van der Waals surface area contributed by atoms with E-state index in [1.807, 2.05) is 0 Å². The third kappa shape index (κ3) is 26.7. The Morgan fingerprint density at radius 1 is 0.158 bits per heavy atom. The van der Waals surface area contributed by atoms with Crippen molar-refractivity contribution in [2.24, 2.45) is 0 Å². The number of aliphatic hydroxyl groups excluding tert-OH is 16. The minimum absolute atomic E-state index is 0.541. The Kier molecular flexibility index (Phi) is 39.6. The SMILES string of the molecule is O=C(O)CSC[C@@H]1O[C@H]2O[C@@H]3[C@H](O)[C@@H](O)[C@H](O[C@@H]4[C@H](O)[C@@H](O)[C@H](O[C@@H]5[C@H](O)[C@@H](O)[C@H](O[C@@H]6[C@@H](O)[C@H](O)[C@H](O[C@@H]7[C@@H](O)[C@H](O)[C@H](O[C@@H]8[C@@H](O)[C@H](O)[C@H](O[C@@H]9[C@@H](O)[C@H](O)[C@H](O[C@@H]1[C@H](O)[C@H]2O)O[C@@H]9CSCC(=O)O)O[C@@H]8CSCC(=O)O)O[C@@H]7CSCC(=O)O)O[C@@H]6CSCC(=O)O)O[C@H]5CSCC(=O)O)O[C@H]4CSCC(=O)O)O[C@H]3CSCC(=O)O. The number of carbonyl (C=O) groups is 8. The Bertz CT molecular complexity index is 2700. The molecular formula is C64H96O48S8. The summed E-state index contributed by atoms with van der Waals surface area (Å²) in [5, 5.41) is 270. The molecule has 0 unspecified atom stereocenters. The molecular weight excluding hydrogens is 1790 g/mol. The summed E-state index contributed by atoms with van der Waals surface area (Å²) in [6.45, 7) is 0. The van der Waals surface area contributed by atoms with E-state index < -0.39 is 385 Å². The normalized spacial score (nSPS) is 43.5. The van der Waals surface area contributed by atoms with Crippen LogP contribution in [0, 0.1) is 0 Å². The number of aliphatic carboxylic acids is 8. The van der Waals surface area contributed by atoms with Gasteiger partial charge in [-0.05, 0) is 0 Å². The largest absolute Gasteiger partial charge is 0.481 e. The molecule has 120 heavy (non-hydrogen) atoms. The van der Waals surface area contributed by atoms with Crippen molar-refractivity contribution < 1.29 is 237 Å². The maximum Gasteiger partial charge on any atom is 0.313 e. The Balaban J connectivity index is 1.10. The fourth-order valence-electron chi connectivity index (χ4n) is 13.9. The van der Waals surface area contributed by atoms with Gasteiger partial charge in [-0.3, -0.25) is 38.4 Å². The molecule has 30 fully saturated rings. The first kappa shape index (κ1) is 101. The van der Waals surface area contributed by atoms with Crippen LogP contribution in [0.4, 0.5) is 0 Å². The van der Waals surface area contributed by atoms with Crippen molar-refractivity contribution in [3.63, 3.8) is 0 Å². The topological polar surface area (TPSA) is 770 Å². The van der Waals surface area contributed by atoms with Crippen LogP contribution in [0.5, 0.6) is 0 Å². The lowest BCUT2D eigenvalue weighted by molar-refractivity contribution is -0.396. The van der Waals surface area contributed by atoms with Crippen LogP contribution in [0.1, 0.15) is 0 Å². The number of aliphatic hydroxyl groups is 16. The van der Waals surface area contributed by atoms with Crippen LogP contribution in [-0.4, -0.2) is 508 Å². The third-order valence-corrected chi connectivity index (χ3v) is 27.6. The number of hydrogen-bond donors (Lipinski definition) is 24. The first-order valence-electron chi connectivity index (χ1n) is 36.5. The molecule has 16 bridgehead atoms. The zero-order chi connectivity index (χ0) is 88.0. The first-order chi connectivity index (χ1) is 56.7. The van der Waals surface area contributed by atoms with Crippen molar-refractivity contribution in [2.45, 2.75) is 246 Å². The predicted octanol–water partition coefficient (Wildman–Crippen LogP) is -10.8. The monoisotopic (exact) mass is 1890 g/mol. The Hall–Kier alpha value is -2.72. The molecule has 0 aromatic heterocycles. The average Bonchev–Trinajstić information content (AvgIpc) is 0.771. The third-order valence-electron chi connectivity index (χ3n) is 19.5. The molecule has 688 valence electrons. The van der Waals surface area contributed by atoms with Crippen molar-refractivity contribution in [2.75, 3.05) is 92.0 Å². The average molecular weight is 1890 g/mol. The van der Waals surface area contributed by atoms with Crippen LogP contribution in [0.25, 0.3) is 0 Å². The van der Waals surface area contributed by atoms with Gasteiger partial charge in [-0.15, -0.1) is 94.1 Å². The minimum atomic E-state index is -2.39. The lowest BCUT2D eigenvalue weighted by atomic mass is 9.95. The summed E-state index contributed by atoms with van der Waals surface area (Å²) in [6, 6.07) is 0. The zero-order valence-electron chi connectivity index (χ0n) is 62.2. The lowest BCUT2D eigenvalue weighted by Gasteiger charge is -2.51. The van der Waals surface area contributed by atoms with Crippen molar-refractivity contribution in [1.29, 1.82) is 0 Å². The summed E-state index contributed by atoms with van der Waals surface area (Å²) in [4.78, 5) is 95.3. The van der Waals surface area contributed by atoms with Gasteiger partial charge in [-0.2, -0.15) is 0 Å². The van der Waals surface area contributed by atoms with Gasteiger partial charge in [0.15, 0.2) is 50.3 Å². The van der Waals surface area contributed by atoms with Gasteiger partial charge >= 0.3 is 47.8 Å². The van der Waals surface area contributed by atoms with E-state index in [1.165, 1.54) is 0 Å². The summed E-state index contributed by atoms with van der Waals surface area (Å²) in [5.41, 5.74) is 0. The molecule has 30 aliphatic heterocycles. The summed E-state index contributed by atoms with van der Waals surface area (Å²) in [5.74, 6) is -21.0. The molecule has 40 atom stereocenters. The van der Waals surface area contributed by atoms with Gasteiger partial charge in [0, 0.05) is 46.0 Å². The van der Waals surface area contributed by atoms with Gasteiger partial charge in [0.05, 0.1) is 94.9 Å². The smallest absolute Gasteiger partial charge is 0.313 e. The maximum absolute atomic E-state index is 12.1. The highest BCUT2D eigenvalue weighted by Crippen LogP contribution is 2.43. The van der Waals surface area contributed by atoms with E-state index in [2.05, 4.69) is 0 Å². The van der Waals surface area contributed by atoms with Gasteiger partial charge in [-0.1, -0.05) is 0 Å². The first-order valence-corrected chi connectivity index (χ1v) is 45.7. The summed E-state index contributed by atoms with van der Waals surface area (Å²) in [7, 11) is 0. The van der Waals surface area contributed by atoms with Crippen LogP contribution < -0.4 is 0 Å². The quantitative estimate of drug-likeness (QED) is 0.0297. The van der Waals surface area contributed by atoms with Crippen molar-refractivity contribution in [3.05, 3.63) is 0 Å². The molecule has 0 aromatic carbocycles. The van der Waals surface area contributed by atoms with E-state index in [9.17, 15) is 161 Å². The molecule has 0 saturated carbocycles. The van der Waals surface area contributed by atoms with E-state index in [1.54, 1.807) is 0 Å². The molecule has 30 saturated heterocycles. The second kappa shape index (κ2) is 47.0. The fourth-order valence-corrected chi connectivity index (χ4v) is 20.2. The van der Waals surface area contributed by atoms with Gasteiger partial charge in [0.25, 0.3) is 0 Å². The van der Waals surface area contributed by atoms with Gasteiger partial charge < -0.3 is 198 Å². The highest BCUT2D eigenvalue weighted by Gasteiger charge is 2.61. The number of rotatable bonds is 32. The Morgan fingerprint density at radius 2 is 0.250 bits per heavy atom. The van der Waals surface area contributed by atoms with E-state index in [0.29, 0.717) is 94.1 Å². The number of hydrogen-bond acceptors (Lipinski definition) is 48. The van der Waals surface area contributed by atoms with Crippen LogP contribution in [0.3, 0.4) is 0 Å². The van der Waals surface area contributed by atoms with Gasteiger partial charge in [0.2, 0.25) is 0 Å². The van der Waals surface area contributed by atoms with Crippen LogP contribution >= 0.6 is 94.1 Å². The molecule has 0 aromatic rings. The Labute approximate surface area is 712 Å². The summed E-state index contributed by atoms with van der Waals surface area (Å²) < 4.78 is 97.8. The molecule has 24 N–H and O–H groups in total. The molecule has 30 rings (SSSR count). The molecule has 0 spiro atoms. The second-order valence-corrected chi connectivity index (χ2v) is 36.5. The van der Waals surface area contributed by atoms with Crippen LogP contribution in [-0.2, 0) is 114 Å². The highest BCUT2D eigenvalue weighted by molar-refractivity contribution is 8.01. The van der Waals surface area contributed by atoms with Crippen LogP contribution in [0.2, 0.25) is 0 Å². The van der Waals surface area contributed by atoms with Crippen molar-refractivity contribution in [3.8, 4) is 0 Å². The standard InChI is InChI=1S/C64H96O48S8/c65-25(66)9-113-1-17-49-33(81)41(89)57(97-17)106-50-18(2-114-10-26(67)68)99-59(43(91)35(50)83)108-52-20(4-116-12-28(71)72)101-61(45(93)37(52)85)110-54-22(6-118-14-30(75)76)103-63(47(95)39(54)87)112-56-24(8-120-16-32(79)80)104-64(48(96)40(56)88)111-55-23(7-119-15-31(77)78)102-62(46(94)38(55)86)109-53-21(5-117-13-29(73)74)100-60(44(92)36(53)84)107-51-19(3-115-11-27(69)70)98-58(105-49)42(90)34(51)82/h17-24,33-64,81-96H,1-16H2,(H,65,66)(H,67,68)(H,69,70)(H,71,72)(H,73,74)(H,75,76)(H,77,78)(H,79,80)/t17-,18-,19-,20-,21+,22+,23+,24+,33+,34+,35+,36-,37+,38-,39-,40-,41+,42+,43+,44-,45+,46-,47-,48-,49-,50-,51-,52-,53-,54-,55-,56-,57-,58-,59-,60-,61-,62-,63-,64-/m0/s1. The fraction of sp³-hybridized carbons (Fsp3) is 0.875. The highest BCUT2D eigenvalue weighted by atomic mass is 32.2. The van der Waals surface area contributed by atoms with E-state index in [4.69, 9.17) is 75.8 Å². The predicted molar refractivity (Wildman–Crippen MR) is 404 cm³/mol. The number of carboxylic acid groups (broad SMARTS) is 8. The number of thioether (sulfide) groups is 8. The maximum atomic E-state index is 12.1. The molecule has 56 heteroatoms.